The summed E-state index contributed by atoms with van der Waals surface area (Å²) < 4.78 is 0. The van der Waals surface area contributed by atoms with E-state index in [1.54, 1.807) is 18.0 Å². The number of nitrogens with one attached hydrogen (secondary N) is 1. The number of rotatable bonds is 3. The van der Waals surface area contributed by atoms with Crippen LogP contribution in [-0.4, -0.2) is 40.1 Å². The van der Waals surface area contributed by atoms with Gasteiger partial charge in [0.15, 0.2) is 0 Å². The SMILES string of the molecule is Cc1ncc(-c2ccccc2)cc1NC(=O)N1CCC(C)(C(=O)O)C1. The zero-order chi connectivity index (χ0) is 18.0. The van der Waals surface area contributed by atoms with E-state index in [1.807, 2.05) is 43.3 Å². The first-order chi connectivity index (χ1) is 11.9. The molecule has 2 amide bonds. The van der Waals surface area contributed by atoms with E-state index in [2.05, 4.69) is 10.3 Å². The van der Waals surface area contributed by atoms with E-state index in [0.717, 1.165) is 11.1 Å². The van der Waals surface area contributed by atoms with Crippen molar-refractivity contribution < 1.29 is 14.7 Å². The number of likely N-dealkylation sites (tertiary alicyclic amines) is 1. The number of aromatic nitrogens is 1. The highest BCUT2D eigenvalue weighted by atomic mass is 16.4. The topological polar surface area (TPSA) is 82.5 Å². The zero-order valence-electron chi connectivity index (χ0n) is 14.3. The van der Waals surface area contributed by atoms with Crippen LogP contribution in [0, 0.1) is 12.3 Å². The first kappa shape index (κ1) is 17.0. The minimum absolute atomic E-state index is 0.207. The van der Waals surface area contributed by atoms with Crippen LogP contribution in [0.1, 0.15) is 19.0 Å². The summed E-state index contributed by atoms with van der Waals surface area (Å²) in [6.45, 7) is 4.14. The summed E-state index contributed by atoms with van der Waals surface area (Å²) in [7, 11) is 0. The molecule has 25 heavy (non-hydrogen) atoms. The third kappa shape index (κ3) is 3.47. The monoisotopic (exact) mass is 339 g/mol. The number of urea groups is 1. The minimum atomic E-state index is -0.878. The maximum absolute atomic E-state index is 12.5. The summed E-state index contributed by atoms with van der Waals surface area (Å²) >= 11 is 0. The molecule has 6 nitrogen and oxygen atoms in total. The molecule has 2 N–H and O–H groups in total. The molecule has 2 aromatic rings. The fourth-order valence-corrected chi connectivity index (χ4v) is 2.95. The fourth-order valence-electron chi connectivity index (χ4n) is 2.95. The number of carboxylic acids is 1. The predicted octanol–water partition coefficient (Wildman–Crippen LogP) is 3.39. The molecule has 3 rings (SSSR count). The number of carbonyl (C=O) groups excluding carboxylic acids is 1. The van der Waals surface area contributed by atoms with Gasteiger partial charge in [-0.2, -0.15) is 0 Å². The van der Waals surface area contributed by atoms with Crippen LogP contribution in [0.25, 0.3) is 11.1 Å². The summed E-state index contributed by atoms with van der Waals surface area (Å²) in [5, 5.41) is 12.2. The molecule has 0 bridgehead atoms. The Kier molecular flexibility index (Phi) is 4.44. The van der Waals surface area contributed by atoms with Crippen LogP contribution >= 0.6 is 0 Å². The number of aryl methyl sites for hydroxylation is 1. The molecule has 0 saturated carbocycles. The summed E-state index contributed by atoms with van der Waals surface area (Å²) in [6.07, 6.45) is 2.23. The van der Waals surface area contributed by atoms with Crippen molar-refractivity contribution in [3.63, 3.8) is 0 Å². The van der Waals surface area contributed by atoms with Gasteiger partial charge in [-0.1, -0.05) is 30.3 Å². The fraction of sp³-hybridized carbons (Fsp3) is 0.316. The maximum Gasteiger partial charge on any atom is 0.321 e. The van der Waals surface area contributed by atoms with Gasteiger partial charge < -0.3 is 15.3 Å². The molecule has 0 radical (unpaired) electrons. The van der Waals surface area contributed by atoms with Crippen molar-refractivity contribution in [3.8, 4) is 11.1 Å². The number of nitrogens with zero attached hydrogens (tertiary/aromatic N) is 2. The van der Waals surface area contributed by atoms with Crippen molar-refractivity contribution in [2.75, 3.05) is 18.4 Å². The number of pyridine rings is 1. The number of carbonyl (C=O) groups is 2. The Balaban J connectivity index is 1.77. The maximum atomic E-state index is 12.5. The van der Waals surface area contributed by atoms with Gasteiger partial charge in [-0.25, -0.2) is 4.79 Å². The highest BCUT2D eigenvalue weighted by Gasteiger charge is 2.42. The molecule has 1 fully saturated rings. The lowest BCUT2D eigenvalue weighted by Crippen LogP contribution is -2.37. The molecule has 0 spiro atoms. The van der Waals surface area contributed by atoms with E-state index in [4.69, 9.17) is 0 Å². The lowest BCUT2D eigenvalue weighted by atomic mass is 9.90. The molecule has 1 aliphatic rings. The molecule has 1 aliphatic heterocycles. The van der Waals surface area contributed by atoms with Crippen molar-refractivity contribution >= 4 is 17.7 Å². The number of hydrogen-bond donors (Lipinski definition) is 2. The average Bonchev–Trinajstić information content (AvgIpc) is 3.02. The van der Waals surface area contributed by atoms with E-state index in [-0.39, 0.29) is 12.6 Å². The molecule has 1 aromatic heterocycles. The van der Waals surface area contributed by atoms with Gasteiger partial charge in [0.1, 0.15) is 0 Å². The first-order valence-electron chi connectivity index (χ1n) is 8.20. The quantitative estimate of drug-likeness (QED) is 0.898. The van der Waals surface area contributed by atoms with Gasteiger partial charge in [0.25, 0.3) is 0 Å². The Hall–Kier alpha value is -2.89. The molecule has 1 saturated heterocycles. The van der Waals surface area contributed by atoms with Crippen LogP contribution in [0.2, 0.25) is 0 Å². The van der Waals surface area contributed by atoms with Gasteiger partial charge in [-0.15, -0.1) is 0 Å². The summed E-state index contributed by atoms with van der Waals surface area (Å²) in [6, 6.07) is 11.4. The van der Waals surface area contributed by atoms with E-state index >= 15 is 0 Å². The van der Waals surface area contributed by atoms with E-state index in [1.165, 1.54) is 0 Å². The second kappa shape index (κ2) is 6.55. The Labute approximate surface area is 146 Å². The molecule has 0 aliphatic carbocycles. The highest BCUT2D eigenvalue weighted by molar-refractivity contribution is 5.91. The molecule has 1 atom stereocenters. The van der Waals surface area contributed by atoms with Crippen LogP contribution in [0.4, 0.5) is 10.5 Å². The zero-order valence-corrected chi connectivity index (χ0v) is 14.3. The van der Waals surface area contributed by atoms with Crippen molar-refractivity contribution in [2.45, 2.75) is 20.3 Å². The van der Waals surface area contributed by atoms with Gasteiger partial charge in [0, 0.05) is 24.8 Å². The minimum Gasteiger partial charge on any atom is -0.481 e. The summed E-state index contributed by atoms with van der Waals surface area (Å²) in [5.41, 5.74) is 2.41. The van der Waals surface area contributed by atoms with Crippen LogP contribution < -0.4 is 5.32 Å². The third-order valence-corrected chi connectivity index (χ3v) is 4.71. The second-order valence-electron chi connectivity index (χ2n) is 6.69. The Morgan fingerprint density at radius 3 is 2.60 bits per heavy atom. The van der Waals surface area contributed by atoms with Crippen LogP contribution in [0.3, 0.4) is 0 Å². The molecular weight excluding hydrogens is 318 g/mol. The average molecular weight is 339 g/mol. The predicted molar refractivity (Wildman–Crippen MR) is 95.4 cm³/mol. The number of aliphatic carboxylic acids is 1. The van der Waals surface area contributed by atoms with Gasteiger partial charge >= 0.3 is 12.0 Å². The van der Waals surface area contributed by atoms with Gasteiger partial charge in [0.2, 0.25) is 0 Å². The van der Waals surface area contributed by atoms with Crippen molar-refractivity contribution in [1.29, 1.82) is 0 Å². The van der Waals surface area contributed by atoms with Gasteiger partial charge in [-0.3, -0.25) is 9.78 Å². The number of hydrogen-bond acceptors (Lipinski definition) is 3. The molecule has 1 unspecified atom stereocenters. The number of carboxylic acid groups (broad SMARTS) is 1. The van der Waals surface area contributed by atoms with Gasteiger partial charge in [0.05, 0.1) is 16.8 Å². The Bertz CT molecular complexity index is 807. The second-order valence-corrected chi connectivity index (χ2v) is 6.69. The van der Waals surface area contributed by atoms with Crippen LogP contribution in [-0.2, 0) is 4.79 Å². The Morgan fingerprint density at radius 1 is 1.24 bits per heavy atom. The van der Waals surface area contributed by atoms with E-state index in [9.17, 15) is 14.7 Å². The molecule has 2 heterocycles. The summed E-state index contributed by atoms with van der Waals surface area (Å²) in [4.78, 5) is 29.8. The number of amides is 2. The third-order valence-electron chi connectivity index (χ3n) is 4.71. The van der Waals surface area contributed by atoms with Crippen molar-refractivity contribution in [3.05, 3.63) is 48.3 Å². The number of anilines is 1. The lowest BCUT2D eigenvalue weighted by molar-refractivity contribution is -0.146. The highest BCUT2D eigenvalue weighted by Crippen LogP contribution is 2.31. The smallest absolute Gasteiger partial charge is 0.321 e. The molecular formula is C19H21N3O3. The normalized spacial score (nSPS) is 19.7. The molecule has 130 valence electrons. The van der Waals surface area contributed by atoms with Crippen molar-refractivity contribution in [2.24, 2.45) is 5.41 Å². The van der Waals surface area contributed by atoms with Crippen LogP contribution in [0.5, 0.6) is 0 Å². The van der Waals surface area contributed by atoms with Crippen molar-refractivity contribution in [1.82, 2.24) is 9.88 Å². The van der Waals surface area contributed by atoms with E-state index in [0.29, 0.717) is 24.3 Å². The molecule has 6 heteroatoms. The van der Waals surface area contributed by atoms with E-state index < -0.39 is 11.4 Å². The number of benzene rings is 1. The van der Waals surface area contributed by atoms with Crippen LogP contribution in [0.15, 0.2) is 42.6 Å². The van der Waals surface area contributed by atoms with Gasteiger partial charge in [-0.05, 0) is 31.9 Å². The lowest BCUT2D eigenvalue weighted by Gasteiger charge is -2.21. The Morgan fingerprint density at radius 2 is 1.96 bits per heavy atom. The first-order valence-corrected chi connectivity index (χ1v) is 8.20. The summed E-state index contributed by atoms with van der Waals surface area (Å²) in [5.74, 6) is -0.869. The standard InChI is InChI=1S/C19H21N3O3/c1-13-16(10-15(11-20-13)14-6-4-3-5-7-14)21-18(25)22-9-8-19(2,12-22)17(23)24/h3-7,10-11H,8-9,12H2,1-2H3,(H,21,25)(H,23,24). The molecule has 1 aromatic carbocycles. The largest absolute Gasteiger partial charge is 0.481 e.